The van der Waals surface area contributed by atoms with Gasteiger partial charge >= 0.3 is 6.18 Å². The number of nitrogen functional groups attached to an aromatic ring is 1. The van der Waals surface area contributed by atoms with Crippen LogP contribution in [-0.2, 0) is 18.3 Å². The summed E-state index contributed by atoms with van der Waals surface area (Å²) in [7, 11) is 1.66. The van der Waals surface area contributed by atoms with Crippen LogP contribution in [0.5, 0.6) is 0 Å². The highest BCUT2D eigenvalue weighted by Gasteiger charge is 2.84. The number of benzene rings is 2. The lowest BCUT2D eigenvalue weighted by Gasteiger charge is -2.36. The second-order valence-corrected chi connectivity index (χ2v) is 14.7. The Morgan fingerprint density at radius 3 is 2.42 bits per heavy atom. The van der Waals surface area contributed by atoms with Gasteiger partial charge < -0.3 is 16.2 Å². The number of para-hydroxylation sites is 1. The van der Waals surface area contributed by atoms with Crippen molar-refractivity contribution in [2.45, 2.75) is 57.0 Å². The number of carbonyl (C=O) groups excluding carboxylic acids is 1. The molecule has 2 aromatic heterocycles. The minimum atomic E-state index is -5.10. The van der Waals surface area contributed by atoms with Crippen LogP contribution in [0.1, 0.15) is 43.8 Å². The Morgan fingerprint density at radius 2 is 1.78 bits per heavy atom. The summed E-state index contributed by atoms with van der Waals surface area (Å²) < 4.78 is 106. The van der Waals surface area contributed by atoms with Crippen molar-refractivity contribution < 1.29 is 40.6 Å². The number of halogens is 7. The highest BCUT2D eigenvalue weighted by molar-refractivity contribution is 6.00. The third-order valence-corrected chi connectivity index (χ3v) is 10.3. The summed E-state index contributed by atoms with van der Waals surface area (Å²) in [6.45, 7) is 6.31. The summed E-state index contributed by atoms with van der Waals surface area (Å²) in [6.07, 6.45) is -5.42. The average molecular weight is 766 g/mol. The molecule has 4 aromatic rings. The molecule has 7 rings (SSSR count). The van der Waals surface area contributed by atoms with Crippen molar-refractivity contribution in [1.82, 2.24) is 25.1 Å². The lowest BCUT2D eigenvalue weighted by atomic mass is 9.75. The maximum absolute atomic E-state index is 15.9. The fraction of sp³-hybridized carbons (Fsp3) is 0.359. The Balaban J connectivity index is 1.34. The number of alkyl halides is 5. The van der Waals surface area contributed by atoms with Crippen molar-refractivity contribution in [2.75, 3.05) is 12.3 Å². The Bertz CT molecular complexity index is 2400. The summed E-state index contributed by atoms with van der Waals surface area (Å²) in [5.41, 5.74) is 5.15. The van der Waals surface area contributed by atoms with Crippen molar-refractivity contribution in [2.24, 2.45) is 29.4 Å². The number of nitrogens with two attached hydrogens (primary N) is 1. The van der Waals surface area contributed by atoms with Crippen LogP contribution in [0.3, 0.4) is 0 Å². The number of hydrogen-bond acceptors (Lipinski definition) is 7. The van der Waals surface area contributed by atoms with Gasteiger partial charge in [-0.25, -0.2) is 22.5 Å². The zero-order chi connectivity index (χ0) is 40.0. The van der Waals surface area contributed by atoms with Gasteiger partial charge in [-0.1, -0.05) is 31.6 Å². The zero-order valence-electron chi connectivity index (χ0n) is 29.9. The van der Waals surface area contributed by atoms with Gasteiger partial charge in [-0.2, -0.15) is 23.4 Å². The van der Waals surface area contributed by atoms with E-state index in [1.54, 1.807) is 37.4 Å². The standard InChI is InChI=1S/C39H34F7N7O2/c1-6-23-29-30(23)38(42,43)35-37(29,4)34(39(44,45)46)51-53(35)18-28(54)49-27(16-19-14-20(40)17-21(41)15-19)31-24(11-10-22(48-31)12-13-36(2,3)55)25-8-7-9-26-32(25)52(5)50-33(26)47/h7-11,14-15,17,27,29-30,35,55H,1,16,18H2,2-5H3,(H2,47,50)(H,49,54)/t27-,29?,30?,35?,37?/m0/s1. The SMILES string of the molecule is C=C=C1C2C1C1(C)C(C(F)(F)F)=NN(CC(=O)N[C@@H](Cc3cc(F)cc(F)c3)c3nc(C#CC(C)(C)O)ccc3-c3cccc4c(N)nn(C)c34)C1C2(F)F. The number of anilines is 1. The third kappa shape index (κ3) is 6.40. The topological polar surface area (TPSA) is 122 Å². The van der Waals surface area contributed by atoms with Gasteiger partial charge in [0.15, 0.2) is 11.5 Å². The van der Waals surface area contributed by atoms with Crippen molar-refractivity contribution >= 4 is 28.3 Å². The lowest BCUT2D eigenvalue weighted by Crippen LogP contribution is -2.54. The van der Waals surface area contributed by atoms with E-state index >= 15 is 8.78 Å². The number of aryl methyl sites for hydroxylation is 1. The Hall–Kier alpha value is -5.65. The van der Waals surface area contributed by atoms with Crippen LogP contribution >= 0.6 is 0 Å². The number of pyridine rings is 1. The molecule has 1 aliphatic heterocycles. The normalized spacial score (nSPS) is 23.1. The molecule has 2 saturated carbocycles. The molecule has 5 atom stereocenters. The van der Waals surface area contributed by atoms with Gasteiger partial charge in [0, 0.05) is 35.5 Å². The molecule has 2 aliphatic carbocycles. The second kappa shape index (κ2) is 12.7. The van der Waals surface area contributed by atoms with E-state index in [0.717, 1.165) is 19.1 Å². The Morgan fingerprint density at radius 1 is 1.09 bits per heavy atom. The van der Waals surface area contributed by atoms with Crippen molar-refractivity contribution in [3.8, 4) is 23.0 Å². The first kappa shape index (κ1) is 37.7. The van der Waals surface area contributed by atoms with E-state index < -0.39 is 76.8 Å². The fourth-order valence-corrected chi connectivity index (χ4v) is 8.29. The first-order chi connectivity index (χ1) is 25.6. The van der Waals surface area contributed by atoms with Gasteiger partial charge in [-0.05, 0) is 67.7 Å². The predicted octanol–water partition coefficient (Wildman–Crippen LogP) is 6.23. The smallest absolute Gasteiger partial charge is 0.382 e. The van der Waals surface area contributed by atoms with E-state index in [1.807, 2.05) is 0 Å². The van der Waals surface area contributed by atoms with Crippen molar-refractivity contribution in [1.29, 1.82) is 0 Å². The highest BCUT2D eigenvalue weighted by atomic mass is 19.4. The molecule has 55 heavy (non-hydrogen) atoms. The van der Waals surface area contributed by atoms with Crippen LogP contribution in [0.4, 0.5) is 36.6 Å². The molecule has 0 bridgehead atoms. The van der Waals surface area contributed by atoms with E-state index in [0.29, 0.717) is 33.1 Å². The summed E-state index contributed by atoms with van der Waals surface area (Å²) >= 11 is 0. The average Bonchev–Trinajstić information content (AvgIpc) is 3.61. The molecule has 3 aliphatic rings. The second-order valence-electron chi connectivity index (χ2n) is 14.7. The molecule has 3 heterocycles. The van der Waals surface area contributed by atoms with Crippen LogP contribution in [0.15, 0.2) is 71.5 Å². The Kier molecular flexibility index (Phi) is 8.70. The van der Waals surface area contributed by atoms with Crippen LogP contribution < -0.4 is 11.1 Å². The molecule has 1 amide bonds. The van der Waals surface area contributed by atoms with E-state index in [4.69, 9.17) is 10.7 Å². The predicted molar refractivity (Wildman–Crippen MR) is 189 cm³/mol. The molecule has 9 nitrogen and oxygen atoms in total. The minimum Gasteiger partial charge on any atom is -0.382 e. The number of amides is 1. The largest absolute Gasteiger partial charge is 0.431 e. The minimum absolute atomic E-state index is 0.0224. The van der Waals surface area contributed by atoms with Crippen LogP contribution in [0, 0.1) is 40.7 Å². The summed E-state index contributed by atoms with van der Waals surface area (Å²) in [4.78, 5) is 18.7. The van der Waals surface area contributed by atoms with Gasteiger partial charge in [0.05, 0.1) is 28.6 Å². The fourth-order valence-electron chi connectivity index (χ4n) is 8.29. The van der Waals surface area contributed by atoms with Crippen LogP contribution in [0.2, 0.25) is 0 Å². The van der Waals surface area contributed by atoms with E-state index in [-0.39, 0.29) is 34.8 Å². The number of hydrogen-bond donors (Lipinski definition) is 3. The van der Waals surface area contributed by atoms with Crippen LogP contribution in [0.25, 0.3) is 22.0 Å². The molecular formula is C39H34F7N7O2. The summed E-state index contributed by atoms with van der Waals surface area (Å²) in [5.74, 6) is -3.73. The van der Waals surface area contributed by atoms with Crippen LogP contribution in [-0.4, -0.2) is 66.8 Å². The van der Waals surface area contributed by atoms with Gasteiger partial charge in [0.1, 0.15) is 35.5 Å². The zero-order valence-corrected chi connectivity index (χ0v) is 29.9. The molecule has 0 saturated heterocycles. The van der Waals surface area contributed by atoms with E-state index in [9.17, 15) is 31.9 Å². The van der Waals surface area contributed by atoms with E-state index in [2.05, 4.69) is 39.7 Å². The molecule has 286 valence electrons. The molecular weight excluding hydrogens is 731 g/mol. The molecule has 16 heteroatoms. The van der Waals surface area contributed by atoms with Gasteiger partial charge in [-0.3, -0.25) is 14.5 Å². The Labute approximate surface area is 310 Å². The van der Waals surface area contributed by atoms with Crippen molar-refractivity contribution in [3.05, 3.63) is 95.0 Å². The molecule has 2 fully saturated rings. The summed E-state index contributed by atoms with van der Waals surface area (Å²) in [5, 5.41) is 21.9. The number of aromatic nitrogens is 3. The maximum atomic E-state index is 15.9. The lowest BCUT2D eigenvalue weighted by molar-refractivity contribution is -0.128. The van der Waals surface area contributed by atoms with E-state index in [1.165, 1.54) is 18.5 Å². The first-order valence-corrected chi connectivity index (χ1v) is 17.1. The van der Waals surface area contributed by atoms with Crippen molar-refractivity contribution in [3.63, 3.8) is 0 Å². The monoisotopic (exact) mass is 765 g/mol. The summed E-state index contributed by atoms with van der Waals surface area (Å²) in [6, 6.07) is 7.66. The molecule has 4 N–H and O–H groups in total. The highest BCUT2D eigenvalue weighted by Crippen LogP contribution is 2.74. The maximum Gasteiger partial charge on any atom is 0.431 e. The van der Waals surface area contributed by atoms with Gasteiger partial charge in [-0.15, -0.1) is 5.73 Å². The number of aliphatic hydroxyl groups is 1. The first-order valence-electron chi connectivity index (χ1n) is 17.1. The number of rotatable bonds is 7. The number of allylic oxidation sites excluding steroid dienone is 1. The van der Waals surface area contributed by atoms with Gasteiger partial charge in [0.2, 0.25) is 5.91 Å². The molecule has 0 radical (unpaired) electrons. The third-order valence-electron chi connectivity index (χ3n) is 10.3. The molecule has 2 aromatic carbocycles. The quantitative estimate of drug-likeness (QED) is 0.117. The number of carbonyl (C=O) groups is 1. The number of nitrogens with one attached hydrogen (secondary N) is 1. The number of fused-ring (bicyclic) bond motifs is 4. The number of hydrazone groups is 1. The molecule has 0 spiro atoms. The molecule has 4 unspecified atom stereocenters. The van der Waals surface area contributed by atoms with Gasteiger partial charge in [0.25, 0.3) is 5.92 Å². The number of nitrogens with zero attached hydrogens (tertiary/aromatic N) is 5.